The molecule has 0 amide bonds. The molecule has 120 valence electrons. The minimum absolute atomic E-state index is 0.0663. The van der Waals surface area contributed by atoms with Gasteiger partial charge in [-0.1, -0.05) is 59.3 Å². The molecule has 0 aliphatic carbocycles. The molecule has 2 heterocycles. The van der Waals surface area contributed by atoms with Crippen LogP contribution in [0.25, 0.3) is 26.7 Å². The van der Waals surface area contributed by atoms with Crippen LogP contribution in [0.2, 0.25) is 5.02 Å². The fourth-order valence-electron chi connectivity index (χ4n) is 2.80. The van der Waals surface area contributed by atoms with E-state index < -0.39 is 0 Å². The summed E-state index contributed by atoms with van der Waals surface area (Å²) >= 11 is 7.73. The van der Waals surface area contributed by atoms with E-state index >= 15 is 0 Å². The second-order valence-electron chi connectivity index (χ2n) is 5.64. The van der Waals surface area contributed by atoms with Gasteiger partial charge in [0.25, 0.3) is 0 Å². The summed E-state index contributed by atoms with van der Waals surface area (Å²) in [4.78, 5) is 6.76. The smallest absolute Gasteiger partial charge is 0.195 e. The van der Waals surface area contributed by atoms with Gasteiger partial charge in [0, 0.05) is 16.8 Å². The quantitative estimate of drug-likeness (QED) is 0.550. The molecule has 4 aromatic rings. The standard InChI is InChI=1S/C19H15ClN2OS/c1-12-9-14(7-8-15(12)20)18-16(11-23)22-10-17(24-19(22)21-18)13-5-3-2-4-6-13/h2-10,23H,11H2,1H3. The lowest BCUT2D eigenvalue weighted by Crippen LogP contribution is -1.93. The maximum absolute atomic E-state index is 9.89. The van der Waals surface area contributed by atoms with E-state index in [0.717, 1.165) is 42.9 Å². The number of aliphatic hydroxyl groups is 1. The molecule has 0 bridgehead atoms. The monoisotopic (exact) mass is 354 g/mol. The number of imidazole rings is 1. The number of fused-ring (bicyclic) bond motifs is 1. The van der Waals surface area contributed by atoms with Crippen molar-refractivity contribution in [3.05, 3.63) is 71.0 Å². The van der Waals surface area contributed by atoms with Crippen molar-refractivity contribution in [3.8, 4) is 21.7 Å². The molecule has 3 nitrogen and oxygen atoms in total. The van der Waals surface area contributed by atoms with Crippen molar-refractivity contribution in [2.45, 2.75) is 13.5 Å². The highest BCUT2D eigenvalue weighted by molar-refractivity contribution is 7.20. The largest absolute Gasteiger partial charge is 0.390 e. The van der Waals surface area contributed by atoms with Gasteiger partial charge in [0.2, 0.25) is 0 Å². The zero-order chi connectivity index (χ0) is 16.7. The zero-order valence-electron chi connectivity index (χ0n) is 13.0. The predicted molar refractivity (Wildman–Crippen MR) is 99.6 cm³/mol. The average molecular weight is 355 g/mol. The molecule has 2 aromatic heterocycles. The second-order valence-corrected chi connectivity index (χ2v) is 7.06. The maximum atomic E-state index is 9.89. The molecule has 0 unspecified atom stereocenters. The Balaban J connectivity index is 1.86. The zero-order valence-corrected chi connectivity index (χ0v) is 14.6. The molecule has 2 aromatic carbocycles. The Bertz CT molecular complexity index is 1020. The van der Waals surface area contributed by atoms with Gasteiger partial charge in [0.15, 0.2) is 4.96 Å². The van der Waals surface area contributed by atoms with Crippen molar-refractivity contribution in [2.24, 2.45) is 0 Å². The van der Waals surface area contributed by atoms with Gasteiger partial charge in [-0.05, 0) is 30.2 Å². The average Bonchev–Trinajstić information content (AvgIpc) is 3.15. The van der Waals surface area contributed by atoms with Crippen LogP contribution in [0, 0.1) is 6.92 Å². The van der Waals surface area contributed by atoms with Crippen LogP contribution in [0.3, 0.4) is 0 Å². The van der Waals surface area contributed by atoms with Gasteiger partial charge >= 0.3 is 0 Å². The van der Waals surface area contributed by atoms with Crippen LogP contribution in [0.15, 0.2) is 54.7 Å². The molecule has 0 atom stereocenters. The van der Waals surface area contributed by atoms with Crippen molar-refractivity contribution in [3.63, 3.8) is 0 Å². The SMILES string of the molecule is Cc1cc(-c2nc3sc(-c4ccccc4)cn3c2CO)ccc1Cl. The maximum Gasteiger partial charge on any atom is 0.195 e. The highest BCUT2D eigenvalue weighted by Gasteiger charge is 2.17. The van der Waals surface area contributed by atoms with Gasteiger partial charge in [-0.25, -0.2) is 4.98 Å². The molecule has 4 rings (SSSR count). The third-order valence-corrected chi connectivity index (χ3v) is 5.52. The van der Waals surface area contributed by atoms with E-state index in [4.69, 9.17) is 16.6 Å². The molecular weight excluding hydrogens is 340 g/mol. The Kier molecular flexibility index (Phi) is 3.88. The third kappa shape index (κ3) is 2.53. The molecule has 24 heavy (non-hydrogen) atoms. The summed E-state index contributed by atoms with van der Waals surface area (Å²) in [5.41, 5.74) is 4.73. The summed E-state index contributed by atoms with van der Waals surface area (Å²) in [7, 11) is 0. The number of aliphatic hydroxyl groups excluding tert-OH is 1. The van der Waals surface area contributed by atoms with Crippen molar-refractivity contribution in [1.29, 1.82) is 0 Å². The lowest BCUT2D eigenvalue weighted by Gasteiger charge is -2.04. The first-order valence-corrected chi connectivity index (χ1v) is 8.80. The van der Waals surface area contributed by atoms with Crippen LogP contribution < -0.4 is 0 Å². The first-order valence-electron chi connectivity index (χ1n) is 7.61. The van der Waals surface area contributed by atoms with Gasteiger partial charge in [-0.3, -0.25) is 4.40 Å². The minimum atomic E-state index is -0.0663. The lowest BCUT2D eigenvalue weighted by molar-refractivity contribution is 0.276. The molecule has 1 N–H and O–H groups in total. The van der Waals surface area contributed by atoms with Gasteiger partial charge in [0.1, 0.15) is 0 Å². The Morgan fingerprint density at radius 1 is 1.12 bits per heavy atom. The fraction of sp³-hybridized carbons (Fsp3) is 0.105. The Morgan fingerprint density at radius 2 is 1.92 bits per heavy atom. The number of hydrogen-bond acceptors (Lipinski definition) is 3. The molecule has 0 saturated heterocycles. The van der Waals surface area contributed by atoms with Crippen molar-refractivity contribution < 1.29 is 5.11 Å². The Hall–Kier alpha value is -2.14. The highest BCUT2D eigenvalue weighted by atomic mass is 35.5. The summed E-state index contributed by atoms with van der Waals surface area (Å²) in [5.74, 6) is 0. The highest BCUT2D eigenvalue weighted by Crippen LogP contribution is 2.34. The summed E-state index contributed by atoms with van der Waals surface area (Å²) in [6, 6.07) is 16.0. The number of nitrogens with zero attached hydrogens (tertiary/aromatic N) is 2. The lowest BCUT2D eigenvalue weighted by atomic mass is 10.1. The number of aromatic nitrogens is 2. The first kappa shape index (κ1) is 15.4. The third-order valence-electron chi connectivity index (χ3n) is 4.06. The predicted octanol–water partition coefficient (Wildman–Crippen LogP) is 5.18. The van der Waals surface area contributed by atoms with Gasteiger partial charge in [0.05, 0.1) is 22.9 Å². The van der Waals surface area contributed by atoms with E-state index in [1.54, 1.807) is 11.3 Å². The van der Waals surface area contributed by atoms with Gasteiger partial charge < -0.3 is 5.11 Å². The molecule has 5 heteroatoms. The van der Waals surface area contributed by atoms with Gasteiger partial charge in [-0.2, -0.15) is 0 Å². The molecule has 0 saturated carbocycles. The van der Waals surface area contributed by atoms with Crippen molar-refractivity contribution in [2.75, 3.05) is 0 Å². The first-order chi connectivity index (χ1) is 11.7. The Morgan fingerprint density at radius 3 is 2.62 bits per heavy atom. The second kappa shape index (κ2) is 6.06. The van der Waals surface area contributed by atoms with E-state index in [9.17, 15) is 5.11 Å². The molecule has 0 spiro atoms. The normalized spacial score (nSPS) is 11.3. The number of rotatable bonds is 3. The number of aryl methyl sites for hydroxylation is 1. The molecule has 0 aliphatic rings. The minimum Gasteiger partial charge on any atom is -0.390 e. The molecule has 0 fully saturated rings. The van der Waals surface area contributed by atoms with E-state index in [0.29, 0.717) is 0 Å². The van der Waals surface area contributed by atoms with Crippen LogP contribution in [0.1, 0.15) is 11.3 Å². The fourth-order valence-corrected chi connectivity index (χ4v) is 3.93. The van der Waals surface area contributed by atoms with Crippen molar-refractivity contribution >= 4 is 27.9 Å². The molecule has 0 aliphatic heterocycles. The van der Waals surface area contributed by atoms with Gasteiger partial charge in [-0.15, -0.1) is 0 Å². The van der Waals surface area contributed by atoms with Crippen molar-refractivity contribution in [1.82, 2.24) is 9.38 Å². The van der Waals surface area contributed by atoms with E-state index in [1.807, 2.05) is 53.9 Å². The van der Waals surface area contributed by atoms with E-state index in [-0.39, 0.29) is 6.61 Å². The number of hydrogen-bond donors (Lipinski definition) is 1. The van der Waals surface area contributed by atoms with Crippen LogP contribution in [0.5, 0.6) is 0 Å². The van der Waals surface area contributed by atoms with Crippen LogP contribution >= 0.6 is 22.9 Å². The summed E-state index contributed by atoms with van der Waals surface area (Å²) < 4.78 is 1.98. The summed E-state index contributed by atoms with van der Waals surface area (Å²) in [5, 5.41) is 10.6. The van der Waals surface area contributed by atoms with Crippen LogP contribution in [0.4, 0.5) is 0 Å². The summed E-state index contributed by atoms with van der Waals surface area (Å²) in [6.07, 6.45) is 2.04. The molecular formula is C19H15ClN2OS. The number of benzene rings is 2. The molecule has 0 radical (unpaired) electrons. The van der Waals surface area contributed by atoms with Crippen LogP contribution in [-0.2, 0) is 6.61 Å². The van der Waals surface area contributed by atoms with E-state index in [1.165, 1.54) is 0 Å². The Labute approximate surface area is 148 Å². The topological polar surface area (TPSA) is 37.5 Å². The van der Waals surface area contributed by atoms with E-state index in [2.05, 4.69) is 12.1 Å². The van der Waals surface area contributed by atoms with Crippen LogP contribution in [-0.4, -0.2) is 14.5 Å². The number of thiazole rings is 1. The number of halogens is 1. The summed E-state index contributed by atoms with van der Waals surface area (Å²) in [6.45, 7) is 1.90.